The molecule has 0 radical (unpaired) electrons. The van der Waals surface area contributed by atoms with Gasteiger partial charge in [-0.2, -0.15) is 0 Å². The summed E-state index contributed by atoms with van der Waals surface area (Å²) >= 11 is 0. The lowest BCUT2D eigenvalue weighted by molar-refractivity contribution is -0.128. The van der Waals surface area contributed by atoms with Crippen LogP contribution in [0.4, 0.5) is 5.69 Å². The number of hydrogen-bond donors (Lipinski definition) is 2. The van der Waals surface area contributed by atoms with Crippen molar-refractivity contribution in [3.8, 4) is 0 Å². The first-order valence-corrected chi connectivity index (χ1v) is 8.21. The third kappa shape index (κ3) is 5.36. The van der Waals surface area contributed by atoms with Crippen molar-refractivity contribution in [1.82, 2.24) is 4.90 Å². The molecule has 5 heteroatoms. The number of hydrogen-bond acceptors (Lipinski definition) is 3. The molecule has 1 fully saturated rings. The second-order valence-corrected chi connectivity index (χ2v) is 6.59. The number of rotatable bonds is 5. The van der Waals surface area contributed by atoms with Crippen LogP contribution in [-0.4, -0.2) is 34.5 Å². The highest BCUT2D eigenvalue weighted by atomic mass is 16.3. The van der Waals surface area contributed by atoms with Gasteiger partial charge in [0.2, 0.25) is 11.8 Å². The second-order valence-electron chi connectivity index (χ2n) is 6.59. The summed E-state index contributed by atoms with van der Waals surface area (Å²) in [6, 6.07) is 7.46. The molecule has 5 nitrogen and oxygen atoms in total. The van der Waals surface area contributed by atoms with E-state index in [1.165, 1.54) is 6.92 Å². The van der Waals surface area contributed by atoms with Crippen LogP contribution in [0.1, 0.15) is 51.0 Å². The molecule has 1 aromatic rings. The van der Waals surface area contributed by atoms with Crippen molar-refractivity contribution in [3.63, 3.8) is 0 Å². The molecule has 0 heterocycles. The van der Waals surface area contributed by atoms with Gasteiger partial charge < -0.3 is 15.3 Å². The standard InChI is InChI=1S/C18H26N2O3/c1-14(21)20(2)13-15-7-6-8-16(11-15)19-17(22)12-18(23)9-4-3-5-10-18/h6-8,11,23H,3-5,9-10,12-13H2,1-2H3,(H,19,22). The van der Waals surface area contributed by atoms with E-state index in [9.17, 15) is 14.7 Å². The minimum Gasteiger partial charge on any atom is -0.389 e. The van der Waals surface area contributed by atoms with Gasteiger partial charge in [-0.25, -0.2) is 0 Å². The number of nitrogens with zero attached hydrogens (tertiary/aromatic N) is 1. The minimum absolute atomic E-state index is 0.000963. The monoisotopic (exact) mass is 318 g/mol. The lowest BCUT2D eigenvalue weighted by Gasteiger charge is -2.31. The Morgan fingerprint density at radius 3 is 2.61 bits per heavy atom. The van der Waals surface area contributed by atoms with E-state index in [-0.39, 0.29) is 18.2 Å². The van der Waals surface area contributed by atoms with E-state index in [2.05, 4.69) is 5.32 Å². The van der Waals surface area contributed by atoms with Gasteiger partial charge in [-0.3, -0.25) is 9.59 Å². The smallest absolute Gasteiger partial charge is 0.227 e. The number of carbonyl (C=O) groups is 2. The van der Waals surface area contributed by atoms with Gasteiger partial charge in [0.05, 0.1) is 12.0 Å². The van der Waals surface area contributed by atoms with E-state index in [4.69, 9.17) is 0 Å². The maximum atomic E-state index is 12.2. The first-order valence-electron chi connectivity index (χ1n) is 8.21. The molecule has 2 amide bonds. The fourth-order valence-corrected chi connectivity index (χ4v) is 3.02. The summed E-state index contributed by atoms with van der Waals surface area (Å²) in [6.45, 7) is 2.03. The van der Waals surface area contributed by atoms with Crippen LogP contribution in [0, 0.1) is 0 Å². The molecule has 126 valence electrons. The van der Waals surface area contributed by atoms with Crippen LogP contribution < -0.4 is 5.32 Å². The molecule has 1 saturated carbocycles. The molecule has 2 rings (SSSR count). The SMILES string of the molecule is CC(=O)N(C)Cc1cccc(NC(=O)CC2(O)CCCCC2)c1. The van der Waals surface area contributed by atoms with Crippen molar-refractivity contribution in [1.29, 1.82) is 0 Å². The highest BCUT2D eigenvalue weighted by Gasteiger charge is 2.31. The summed E-state index contributed by atoms with van der Waals surface area (Å²) in [5.41, 5.74) is 0.801. The van der Waals surface area contributed by atoms with Crippen molar-refractivity contribution < 1.29 is 14.7 Å². The van der Waals surface area contributed by atoms with E-state index >= 15 is 0 Å². The predicted octanol–water partition coefficient (Wildman–Crippen LogP) is 2.69. The Labute approximate surface area is 137 Å². The summed E-state index contributed by atoms with van der Waals surface area (Å²) in [7, 11) is 1.74. The molecule has 1 aliphatic carbocycles. The summed E-state index contributed by atoms with van der Waals surface area (Å²) in [5.74, 6) is -0.162. The van der Waals surface area contributed by atoms with Gasteiger partial charge in [0.25, 0.3) is 0 Å². The molecule has 1 aliphatic rings. The average Bonchev–Trinajstić information content (AvgIpc) is 2.47. The number of nitrogens with one attached hydrogen (secondary N) is 1. The van der Waals surface area contributed by atoms with E-state index in [0.29, 0.717) is 25.1 Å². The molecule has 0 bridgehead atoms. The fourth-order valence-electron chi connectivity index (χ4n) is 3.02. The highest BCUT2D eigenvalue weighted by Crippen LogP contribution is 2.31. The van der Waals surface area contributed by atoms with E-state index in [1.54, 1.807) is 11.9 Å². The lowest BCUT2D eigenvalue weighted by atomic mass is 9.82. The zero-order chi connectivity index (χ0) is 16.9. The Kier molecular flexibility index (Phi) is 5.77. The predicted molar refractivity (Wildman–Crippen MR) is 89.9 cm³/mol. The first kappa shape index (κ1) is 17.5. The quantitative estimate of drug-likeness (QED) is 0.877. The zero-order valence-electron chi connectivity index (χ0n) is 14.0. The molecular formula is C18H26N2O3. The molecule has 0 spiro atoms. The van der Waals surface area contributed by atoms with Gasteiger partial charge in [-0.15, -0.1) is 0 Å². The maximum Gasteiger partial charge on any atom is 0.227 e. The van der Waals surface area contributed by atoms with Gasteiger partial charge in [0.1, 0.15) is 0 Å². The Hall–Kier alpha value is -1.88. The Bertz CT molecular complexity index is 565. The maximum absolute atomic E-state index is 12.2. The fraction of sp³-hybridized carbons (Fsp3) is 0.556. The van der Waals surface area contributed by atoms with Gasteiger partial charge in [0.15, 0.2) is 0 Å². The van der Waals surface area contributed by atoms with E-state index in [0.717, 1.165) is 24.8 Å². The molecular weight excluding hydrogens is 292 g/mol. The van der Waals surface area contributed by atoms with Gasteiger partial charge in [-0.1, -0.05) is 31.4 Å². The summed E-state index contributed by atoms with van der Waals surface area (Å²) in [4.78, 5) is 25.1. The van der Waals surface area contributed by atoms with Crippen molar-refractivity contribution in [3.05, 3.63) is 29.8 Å². The van der Waals surface area contributed by atoms with E-state index in [1.807, 2.05) is 24.3 Å². The Balaban J connectivity index is 1.94. The van der Waals surface area contributed by atoms with Crippen LogP contribution >= 0.6 is 0 Å². The molecule has 2 N–H and O–H groups in total. The number of amides is 2. The third-order valence-corrected chi connectivity index (χ3v) is 4.44. The minimum atomic E-state index is -0.852. The number of carbonyl (C=O) groups excluding carboxylic acids is 2. The number of aliphatic hydroxyl groups is 1. The van der Waals surface area contributed by atoms with Crippen molar-refractivity contribution in [2.45, 2.75) is 57.6 Å². The molecule has 0 unspecified atom stereocenters. The van der Waals surface area contributed by atoms with Gasteiger partial charge in [0, 0.05) is 26.2 Å². The van der Waals surface area contributed by atoms with Gasteiger partial charge >= 0.3 is 0 Å². The Morgan fingerprint density at radius 1 is 1.26 bits per heavy atom. The van der Waals surface area contributed by atoms with Crippen molar-refractivity contribution in [2.75, 3.05) is 12.4 Å². The summed E-state index contributed by atoms with van der Waals surface area (Å²) < 4.78 is 0. The second kappa shape index (κ2) is 7.59. The highest BCUT2D eigenvalue weighted by molar-refractivity contribution is 5.91. The van der Waals surface area contributed by atoms with Gasteiger partial charge in [-0.05, 0) is 30.5 Å². The summed E-state index contributed by atoms with van der Waals surface area (Å²) in [6.07, 6.45) is 4.64. The zero-order valence-corrected chi connectivity index (χ0v) is 14.0. The van der Waals surface area contributed by atoms with Crippen molar-refractivity contribution >= 4 is 17.5 Å². The molecule has 1 aromatic carbocycles. The molecule has 0 saturated heterocycles. The summed E-state index contributed by atoms with van der Waals surface area (Å²) in [5, 5.41) is 13.3. The van der Waals surface area contributed by atoms with E-state index < -0.39 is 5.60 Å². The topological polar surface area (TPSA) is 69.6 Å². The van der Waals surface area contributed by atoms with Crippen LogP contribution in [-0.2, 0) is 16.1 Å². The molecule has 0 aromatic heterocycles. The van der Waals surface area contributed by atoms with Crippen LogP contribution in [0.25, 0.3) is 0 Å². The molecule has 23 heavy (non-hydrogen) atoms. The normalized spacial score (nSPS) is 16.7. The van der Waals surface area contributed by atoms with Crippen LogP contribution in [0.15, 0.2) is 24.3 Å². The van der Waals surface area contributed by atoms with Crippen LogP contribution in [0.3, 0.4) is 0 Å². The van der Waals surface area contributed by atoms with Crippen LogP contribution in [0.5, 0.6) is 0 Å². The van der Waals surface area contributed by atoms with Crippen molar-refractivity contribution in [2.24, 2.45) is 0 Å². The molecule has 0 atom stereocenters. The Morgan fingerprint density at radius 2 is 1.96 bits per heavy atom. The number of benzene rings is 1. The lowest BCUT2D eigenvalue weighted by Crippen LogP contribution is -2.35. The number of anilines is 1. The third-order valence-electron chi connectivity index (χ3n) is 4.44. The molecule has 0 aliphatic heterocycles. The van der Waals surface area contributed by atoms with Crippen LogP contribution in [0.2, 0.25) is 0 Å². The average molecular weight is 318 g/mol. The first-order chi connectivity index (χ1) is 10.9. The largest absolute Gasteiger partial charge is 0.389 e.